The number of hydrogen-bond acceptors (Lipinski definition) is 7. The molecule has 0 fully saturated rings. The third kappa shape index (κ3) is 9.62. The van der Waals surface area contributed by atoms with Crippen LogP contribution in [0.25, 0.3) is 0 Å². The third-order valence-electron chi connectivity index (χ3n) is 7.41. The van der Waals surface area contributed by atoms with Gasteiger partial charge in [0.1, 0.15) is 25.0 Å². The fourth-order valence-electron chi connectivity index (χ4n) is 5.14. The van der Waals surface area contributed by atoms with Crippen molar-refractivity contribution >= 4 is 27.5 Å². The minimum atomic E-state index is -3.67. The molecular weight excluding hydrogens is 594 g/mol. The Morgan fingerprint density at radius 1 is 0.933 bits per heavy atom. The molecule has 0 saturated heterocycles. The quantitative estimate of drug-likeness (QED) is 0.262. The van der Waals surface area contributed by atoms with E-state index in [-0.39, 0.29) is 43.7 Å². The summed E-state index contributed by atoms with van der Waals surface area (Å²) in [6, 6.07) is 21.2. The van der Waals surface area contributed by atoms with Gasteiger partial charge in [-0.3, -0.25) is 13.9 Å². The lowest BCUT2D eigenvalue weighted by atomic mass is 10.0. The molecule has 242 valence electrons. The van der Waals surface area contributed by atoms with Crippen LogP contribution in [0.1, 0.15) is 37.8 Å². The van der Waals surface area contributed by atoms with Crippen LogP contribution in [0.5, 0.6) is 17.2 Å². The van der Waals surface area contributed by atoms with Gasteiger partial charge in [0.05, 0.1) is 19.1 Å². The summed E-state index contributed by atoms with van der Waals surface area (Å²) in [5.74, 6) is 1.42. The minimum Gasteiger partial charge on any atom is -0.497 e. The number of nitrogens with one attached hydrogen (secondary N) is 1. The summed E-state index contributed by atoms with van der Waals surface area (Å²) in [5.41, 5.74) is 2.16. The minimum absolute atomic E-state index is 0.0310. The normalized spacial score (nSPS) is 13.2. The van der Waals surface area contributed by atoms with Crippen molar-refractivity contribution in [2.45, 2.75) is 45.7 Å². The molecule has 2 amide bonds. The van der Waals surface area contributed by atoms with Crippen LogP contribution < -0.4 is 23.8 Å². The Morgan fingerprint density at radius 3 is 2.33 bits per heavy atom. The van der Waals surface area contributed by atoms with E-state index >= 15 is 0 Å². The van der Waals surface area contributed by atoms with Crippen molar-refractivity contribution in [2.24, 2.45) is 5.92 Å². The summed E-state index contributed by atoms with van der Waals surface area (Å²) in [6.07, 6.45) is 1.73. The molecule has 0 spiro atoms. The highest BCUT2D eigenvalue weighted by Crippen LogP contribution is 2.35. The zero-order valence-corrected chi connectivity index (χ0v) is 27.2. The van der Waals surface area contributed by atoms with Gasteiger partial charge in [-0.1, -0.05) is 56.3 Å². The summed E-state index contributed by atoms with van der Waals surface area (Å²) < 4.78 is 43.6. The molecule has 0 saturated carbocycles. The second kappa shape index (κ2) is 15.7. The summed E-state index contributed by atoms with van der Waals surface area (Å²) in [7, 11) is -2.09. The number of nitrogens with zero attached hydrogens (tertiary/aromatic N) is 2. The molecule has 1 unspecified atom stereocenters. The average molecular weight is 638 g/mol. The second-order valence-electron chi connectivity index (χ2n) is 11.5. The van der Waals surface area contributed by atoms with Crippen LogP contribution in [0.15, 0.2) is 72.8 Å². The van der Waals surface area contributed by atoms with Crippen LogP contribution in [0.3, 0.4) is 0 Å². The van der Waals surface area contributed by atoms with E-state index < -0.39 is 16.1 Å². The van der Waals surface area contributed by atoms with Gasteiger partial charge in [0.15, 0.2) is 11.5 Å². The van der Waals surface area contributed by atoms with Crippen molar-refractivity contribution < 1.29 is 32.2 Å². The number of ether oxygens (including phenoxy) is 3. The maximum absolute atomic E-state index is 14.0. The fourth-order valence-corrected chi connectivity index (χ4v) is 6.09. The first-order chi connectivity index (χ1) is 21.5. The van der Waals surface area contributed by atoms with Crippen molar-refractivity contribution in [3.8, 4) is 17.2 Å². The number of hydrogen-bond donors (Lipinski definition) is 1. The molecule has 1 atom stereocenters. The predicted molar refractivity (Wildman–Crippen MR) is 174 cm³/mol. The second-order valence-corrected chi connectivity index (χ2v) is 13.4. The molecule has 1 N–H and O–H groups in total. The Morgan fingerprint density at radius 2 is 1.64 bits per heavy atom. The summed E-state index contributed by atoms with van der Waals surface area (Å²) >= 11 is 0. The van der Waals surface area contributed by atoms with Gasteiger partial charge in [-0.15, -0.1) is 0 Å². The number of benzene rings is 3. The maximum Gasteiger partial charge on any atom is 0.243 e. The highest BCUT2D eigenvalue weighted by molar-refractivity contribution is 7.92. The molecule has 0 aliphatic carbocycles. The molecule has 3 aromatic rings. The number of carbonyl (C=O) groups is 2. The van der Waals surface area contributed by atoms with Gasteiger partial charge < -0.3 is 24.4 Å². The molecule has 3 aromatic carbocycles. The summed E-state index contributed by atoms with van der Waals surface area (Å²) in [5, 5.41) is 3.02. The maximum atomic E-state index is 14.0. The van der Waals surface area contributed by atoms with E-state index in [4.69, 9.17) is 14.2 Å². The van der Waals surface area contributed by atoms with Gasteiger partial charge >= 0.3 is 0 Å². The first kappa shape index (κ1) is 33.6. The van der Waals surface area contributed by atoms with Gasteiger partial charge in [0.2, 0.25) is 21.8 Å². The number of sulfonamides is 1. The van der Waals surface area contributed by atoms with Crippen molar-refractivity contribution in [1.82, 2.24) is 10.2 Å². The van der Waals surface area contributed by atoms with Crippen molar-refractivity contribution in [1.29, 1.82) is 0 Å². The Bertz CT molecular complexity index is 1550. The van der Waals surface area contributed by atoms with Gasteiger partial charge in [0.25, 0.3) is 0 Å². The van der Waals surface area contributed by atoms with Crippen molar-refractivity contribution in [3.63, 3.8) is 0 Å². The third-order valence-corrected chi connectivity index (χ3v) is 8.60. The van der Waals surface area contributed by atoms with Gasteiger partial charge in [-0.25, -0.2) is 8.42 Å². The first-order valence-electron chi connectivity index (χ1n) is 15.2. The zero-order chi connectivity index (χ0) is 32.4. The van der Waals surface area contributed by atoms with E-state index in [9.17, 15) is 18.0 Å². The smallest absolute Gasteiger partial charge is 0.243 e. The number of rotatable bonds is 15. The van der Waals surface area contributed by atoms with Crippen LogP contribution in [-0.2, 0) is 32.6 Å². The molecule has 11 heteroatoms. The van der Waals surface area contributed by atoms with Gasteiger partial charge in [0, 0.05) is 38.5 Å². The number of anilines is 1. The molecule has 0 aromatic heterocycles. The molecule has 0 bridgehead atoms. The number of carbonyl (C=O) groups excluding carboxylic acids is 2. The summed E-state index contributed by atoms with van der Waals surface area (Å²) in [4.78, 5) is 29.3. The highest BCUT2D eigenvalue weighted by atomic mass is 32.2. The molecular formula is C34H43N3O7S. The standard InChI is InChI=1S/C34H43N3O7S/c1-25(2)23-35-34(39)30(21-26-10-6-5-7-11-26)36(24-27-12-8-13-29(20-27)42-3)33(38)14-9-17-37(45(4,40)41)28-15-16-31-32(22-28)44-19-18-43-31/h5-8,10-13,15-16,20,22,25,30H,9,14,17-19,21,23-24H2,1-4H3,(H,35,39). The van der Waals surface area contributed by atoms with Crippen LogP contribution in [0.2, 0.25) is 0 Å². The topological polar surface area (TPSA) is 114 Å². The molecule has 0 radical (unpaired) electrons. The summed E-state index contributed by atoms with van der Waals surface area (Å²) in [6.45, 7) is 5.56. The Labute approximate surface area is 266 Å². The fraction of sp³-hybridized carbons (Fsp3) is 0.412. The zero-order valence-electron chi connectivity index (χ0n) is 26.4. The molecule has 1 aliphatic rings. The largest absolute Gasteiger partial charge is 0.497 e. The van der Waals surface area contributed by atoms with Gasteiger partial charge in [-0.05, 0) is 47.7 Å². The predicted octanol–water partition coefficient (Wildman–Crippen LogP) is 4.42. The van der Waals surface area contributed by atoms with E-state index in [1.807, 2.05) is 68.4 Å². The van der Waals surface area contributed by atoms with Crippen LogP contribution in [0.4, 0.5) is 5.69 Å². The molecule has 4 rings (SSSR count). The van der Waals surface area contributed by atoms with Gasteiger partial charge in [-0.2, -0.15) is 0 Å². The Balaban J connectivity index is 1.58. The van der Waals surface area contributed by atoms with Crippen molar-refractivity contribution in [3.05, 3.63) is 83.9 Å². The number of fused-ring (bicyclic) bond motifs is 1. The van der Waals surface area contributed by atoms with E-state index in [2.05, 4.69) is 5.32 Å². The number of amides is 2. The monoisotopic (exact) mass is 637 g/mol. The lowest BCUT2D eigenvalue weighted by Crippen LogP contribution is -2.51. The Kier molecular flexibility index (Phi) is 11.7. The molecule has 1 heterocycles. The van der Waals surface area contributed by atoms with E-state index in [0.717, 1.165) is 17.4 Å². The van der Waals surface area contributed by atoms with E-state index in [0.29, 0.717) is 49.1 Å². The molecule has 1 aliphatic heterocycles. The molecule has 45 heavy (non-hydrogen) atoms. The Hall–Kier alpha value is -4.25. The average Bonchev–Trinajstić information content (AvgIpc) is 3.03. The van der Waals surface area contributed by atoms with E-state index in [1.54, 1.807) is 30.2 Å². The van der Waals surface area contributed by atoms with Crippen LogP contribution >= 0.6 is 0 Å². The lowest BCUT2D eigenvalue weighted by Gasteiger charge is -2.32. The van der Waals surface area contributed by atoms with Crippen LogP contribution in [-0.4, -0.2) is 70.8 Å². The highest BCUT2D eigenvalue weighted by Gasteiger charge is 2.31. The number of methoxy groups -OCH3 is 1. The first-order valence-corrected chi connectivity index (χ1v) is 17.0. The van der Waals surface area contributed by atoms with E-state index in [1.165, 1.54) is 4.31 Å². The lowest BCUT2D eigenvalue weighted by molar-refractivity contribution is -0.141. The van der Waals surface area contributed by atoms with Crippen molar-refractivity contribution in [2.75, 3.05) is 44.0 Å². The SMILES string of the molecule is COc1cccc(CN(C(=O)CCCN(c2ccc3c(c2)OCCO3)S(C)(=O)=O)C(Cc2ccccc2)C(=O)NCC(C)C)c1. The molecule has 10 nitrogen and oxygen atoms in total. The van der Waals surface area contributed by atoms with Crippen LogP contribution in [0, 0.1) is 5.92 Å².